The second-order valence-corrected chi connectivity index (χ2v) is 2.50. The van der Waals surface area contributed by atoms with Crippen LogP contribution in [-0.4, -0.2) is 12.0 Å². The van der Waals surface area contributed by atoms with Crippen molar-refractivity contribution in [3.63, 3.8) is 0 Å². The molecule has 0 unspecified atom stereocenters. The van der Waals surface area contributed by atoms with Crippen molar-refractivity contribution >= 4 is 6.08 Å². The van der Waals surface area contributed by atoms with Gasteiger partial charge in [0.25, 0.3) is 0 Å². The fourth-order valence-electron chi connectivity index (χ4n) is 0.933. The first-order chi connectivity index (χ1) is 6.63. The lowest BCUT2D eigenvalue weighted by molar-refractivity contribution is -0.400. The lowest BCUT2D eigenvalue weighted by Crippen LogP contribution is -1.88. The number of hydrogen-bond donors (Lipinski definition) is 0. The van der Waals surface area contributed by atoms with Crippen LogP contribution in [-0.2, 0) is 0 Å². The summed E-state index contributed by atoms with van der Waals surface area (Å²) in [5, 5.41) is 9.98. The molecule has 0 radical (unpaired) electrons. The van der Waals surface area contributed by atoms with E-state index < -0.39 is 10.7 Å². The zero-order valence-electron chi connectivity index (χ0n) is 7.44. The molecule has 14 heavy (non-hydrogen) atoms. The van der Waals surface area contributed by atoms with E-state index in [4.69, 9.17) is 4.74 Å². The fourth-order valence-corrected chi connectivity index (χ4v) is 0.933. The van der Waals surface area contributed by atoms with Crippen LogP contribution in [0.2, 0.25) is 0 Å². The molecule has 74 valence electrons. The molecule has 0 aromatic heterocycles. The van der Waals surface area contributed by atoms with Gasteiger partial charge >= 0.3 is 0 Å². The highest BCUT2D eigenvalue weighted by Crippen LogP contribution is 2.18. The molecule has 0 heterocycles. The van der Waals surface area contributed by atoms with Gasteiger partial charge < -0.3 is 4.74 Å². The number of halogens is 1. The molecule has 0 aliphatic carbocycles. The van der Waals surface area contributed by atoms with Crippen LogP contribution >= 0.6 is 0 Å². The highest BCUT2D eigenvalue weighted by Gasteiger charge is 2.01. The van der Waals surface area contributed by atoms with E-state index in [0.29, 0.717) is 5.56 Å². The SMILES string of the molecule is COc1ccc(/C=C\[N+](=O)[O-])cc1F. The van der Waals surface area contributed by atoms with Gasteiger partial charge in [0.2, 0.25) is 6.20 Å². The summed E-state index contributed by atoms with van der Waals surface area (Å²) in [6.45, 7) is 0. The van der Waals surface area contributed by atoms with Gasteiger partial charge in [-0.1, -0.05) is 6.07 Å². The molecule has 4 nitrogen and oxygen atoms in total. The van der Waals surface area contributed by atoms with Gasteiger partial charge in [0, 0.05) is 6.08 Å². The second kappa shape index (κ2) is 4.36. The molecule has 0 fully saturated rings. The number of nitrogens with zero attached hydrogens (tertiary/aromatic N) is 1. The van der Waals surface area contributed by atoms with Crippen LogP contribution in [0.3, 0.4) is 0 Å². The monoisotopic (exact) mass is 197 g/mol. The molecule has 0 amide bonds. The third kappa shape index (κ3) is 2.55. The molecule has 5 heteroatoms. The molecule has 0 aliphatic heterocycles. The molecule has 1 aromatic carbocycles. The average molecular weight is 197 g/mol. The number of benzene rings is 1. The van der Waals surface area contributed by atoms with E-state index in [9.17, 15) is 14.5 Å². The predicted molar refractivity (Wildman–Crippen MR) is 49.0 cm³/mol. The molecule has 0 bridgehead atoms. The maximum atomic E-state index is 13.0. The van der Waals surface area contributed by atoms with Gasteiger partial charge in [-0.05, 0) is 17.7 Å². The second-order valence-electron chi connectivity index (χ2n) is 2.50. The molecule has 0 spiro atoms. The lowest BCUT2D eigenvalue weighted by atomic mass is 10.2. The Hall–Kier alpha value is -1.91. The van der Waals surface area contributed by atoms with Gasteiger partial charge in [0.1, 0.15) is 0 Å². The summed E-state index contributed by atoms with van der Waals surface area (Å²) in [5.74, 6) is -0.429. The molecule has 0 aliphatic rings. The number of rotatable bonds is 3. The first-order valence-corrected chi connectivity index (χ1v) is 3.78. The van der Waals surface area contributed by atoms with E-state index in [1.807, 2.05) is 0 Å². The van der Waals surface area contributed by atoms with E-state index in [-0.39, 0.29) is 5.75 Å². The summed E-state index contributed by atoms with van der Waals surface area (Å²) in [5.41, 5.74) is 0.417. The number of methoxy groups -OCH3 is 1. The smallest absolute Gasteiger partial charge is 0.235 e. The van der Waals surface area contributed by atoms with Crippen molar-refractivity contribution in [1.29, 1.82) is 0 Å². The molecule has 0 saturated heterocycles. The van der Waals surface area contributed by atoms with E-state index in [1.54, 1.807) is 0 Å². The van der Waals surface area contributed by atoms with Crippen molar-refractivity contribution < 1.29 is 14.1 Å². The zero-order chi connectivity index (χ0) is 10.6. The Morgan fingerprint density at radius 3 is 2.79 bits per heavy atom. The van der Waals surface area contributed by atoms with Crippen molar-refractivity contribution in [2.45, 2.75) is 0 Å². The molecule has 1 rings (SSSR count). The highest BCUT2D eigenvalue weighted by molar-refractivity contribution is 5.49. The van der Waals surface area contributed by atoms with Crippen molar-refractivity contribution in [3.8, 4) is 5.75 Å². The van der Waals surface area contributed by atoms with Crippen molar-refractivity contribution in [2.75, 3.05) is 7.11 Å². The van der Waals surface area contributed by atoms with Crippen molar-refractivity contribution in [2.24, 2.45) is 0 Å². The Morgan fingerprint density at radius 2 is 2.29 bits per heavy atom. The molecule has 1 aromatic rings. The van der Waals surface area contributed by atoms with Crippen LogP contribution in [0, 0.1) is 15.9 Å². The van der Waals surface area contributed by atoms with E-state index in [0.717, 1.165) is 6.20 Å². The van der Waals surface area contributed by atoms with Crippen molar-refractivity contribution in [3.05, 3.63) is 45.9 Å². The topological polar surface area (TPSA) is 52.4 Å². The number of ether oxygens (including phenoxy) is 1. The quantitative estimate of drug-likeness (QED) is 0.550. The Bertz CT molecular complexity index is 376. The molecule has 0 N–H and O–H groups in total. The molecular formula is C9H8FNO3. The predicted octanol–water partition coefficient (Wildman–Crippen LogP) is 2.08. The largest absolute Gasteiger partial charge is 0.494 e. The van der Waals surface area contributed by atoms with E-state index in [1.165, 1.54) is 31.4 Å². The maximum Gasteiger partial charge on any atom is 0.235 e. The maximum absolute atomic E-state index is 13.0. The van der Waals surface area contributed by atoms with Gasteiger partial charge in [-0.2, -0.15) is 0 Å². The van der Waals surface area contributed by atoms with Crippen LogP contribution in [0.25, 0.3) is 6.08 Å². The Balaban J connectivity index is 2.91. The van der Waals surface area contributed by atoms with Gasteiger partial charge in [0.15, 0.2) is 11.6 Å². The standard InChI is InChI=1S/C9H8FNO3/c1-14-9-3-2-7(6-8(9)10)4-5-11(12)13/h2-6H,1H3/b5-4-. The Labute approximate surface area is 79.8 Å². The minimum Gasteiger partial charge on any atom is -0.494 e. The van der Waals surface area contributed by atoms with Crippen LogP contribution < -0.4 is 4.74 Å². The lowest BCUT2D eigenvalue weighted by Gasteiger charge is -2.00. The third-order valence-electron chi connectivity index (χ3n) is 1.56. The van der Waals surface area contributed by atoms with Crippen LogP contribution in [0.5, 0.6) is 5.75 Å². The van der Waals surface area contributed by atoms with Gasteiger partial charge in [0.05, 0.1) is 12.0 Å². The van der Waals surface area contributed by atoms with Gasteiger partial charge in [-0.3, -0.25) is 10.1 Å². The first kappa shape index (κ1) is 10.2. The van der Waals surface area contributed by atoms with Crippen molar-refractivity contribution in [1.82, 2.24) is 0 Å². The number of hydrogen-bond acceptors (Lipinski definition) is 3. The first-order valence-electron chi connectivity index (χ1n) is 3.78. The van der Waals surface area contributed by atoms with E-state index >= 15 is 0 Å². The third-order valence-corrected chi connectivity index (χ3v) is 1.56. The van der Waals surface area contributed by atoms with Gasteiger partial charge in [-0.15, -0.1) is 0 Å². The minimum atomic E-state index is -0.609. The minimum absolute atomic E-state index is 0.114. The van der Waals surface area contributed by atoms with Crippen LogP contribution in [0.4, 0.5) is 4.39 Å². The normalized spacial score (nSPS) is 10.4. The van der Waals surface area contributed by atoms with Gasteiger partial charge in [-0.25, -0.2) is 4.39 Å². The highest BCUT2D eigenvalue weighted by atomic mass is 19.1. The van der Waals surface area contributed by atoms with Crippen LogP contribution in [0.15, 0.2) is 24.4 Å². The Kier molecular flexibility index (Phi) is 3.17. The summed E-state index contributed by atoms with van der Waals surface area (Å²) in [4.78, 5) is 9.37. The Morgan fingerprint density at radius 1 is 1.57 bits per heavy atom. The summed E-state index contributed by atoms with van der Waals surface area (Å²) >= 11 is 0. The molecule has 0 atom stereocenters. The zero-order valence-corrected chi connectivity index (χ0v) is 7.44. The van der Waals surface area contributed by atoms with E-state index in [2.05, 4.69) is 0 Å². The summed E-state index contributed by atoms with van der Waals surface area (Å²) in [6, 6.07) is 4.11. The summed E-state index contributed by atoms with van der Waals surface area (Å²) < 4.78 is 17.7. The summed E-state index contributed by atoms with van der Waals surface area (Å²) in [7, 11) is 1.35. The molecular weight excluding hydrogens is 189 g/mol. The molecule has 0 saturated carbocycles. The number of nitro groups is 1. The fraction of sp³-hybridized carbons (Fsp3) is 0.111. The average Bonchev–Trinajstić information content (AvgIpc) is 2.15. The summed E-state index contributed by atoms with van der Waals surface area (Å²) in [6.07, 6.45) is 1.96. The van der Waals surface area contributed by atoms with Crippen LogP contribution in [0.1, 0.15) is 5.56 Å².